The summed E-state index contributed by atoms with van der Waals surface area (Å²) in [6, 6.07) is 0.0964. The first-order valence-electron chi connectivity index (χ1n) is 6.62. The fraction of sp³-hybridized carbons (Fsp3) is 0.846. The summed E-state index contributed by atoms with van der Waals surface area (Å²) < 4.78 is 0. The molecule has 1 atom stereocenters. The zero-order valence-electron chi connectivity index (χ0n) is 11.5. The molecule has 1 heterocycles. The number of carbonyl (C=O) groups excluding carboxylic acids is 1. The second kappa shape index (κ2) is 6.07. The molecule has 0 aliphatic carbocycles. The Morgan fingerprint density at radius 1 is 1.33 bits per heavy atom. The average molecular weight is 256 g/mol. The van der Waals surface area contributed by atoms with Gasteiger partial charge < -0.3 is 15.3 Å². The van der Waals surface area contributed by atoms with Crippen molar-refractivity contribution in [3.8, 4) is 0 Å². The molecule has 0 aromatic carbocycles. The molecule has 0 radical (unpaired) electrons. The van der Waals surface area contributed by atoms with Gasteiger partial charge in [0.15, 0.2) is 0 Å². The van der Waals surface area contributed by atoms with Crippen LogP contribution in [0, 0.1) is 5.41 Å². The third-order valence-corrected chi connectivity index (χ3v) is 3.57. The molecule has 1 aliphatic heterocycles. The number of nitrogens with zero attached hydrogens (tertiary/aromatic N) is 1. The van der Waals surface area contributed by atoms with E-state index in [9.17, 15) is 9.59 Å². The Kier molecular flexibility index (Phi) is 4.99. The Morgan fingerprint density at radius 3 is 2.61 bits per heavy atom. The van der Waals surface area contributed by atoms with E-state index in [1.807, 2.05) is 11.8 Å². The average Bonchev–Trinajstić information content (AvgIpc) is 2.50. The number of nitrogens with one attached hydrogen (secondary N) is 1. The van der Waals surface area contributed by atoms with Gasteiger partial charge in [-0.05, 0) is 33.6 Å². The summed E-state index contributed by atoms with van der Waals surface area (Å²) in [4.78, 5) is 24.8. The van der Waals surface area contributed by atoms with Crippen molar-refractivity contribution in [2.75, 3.05) is 13.1 Å². The molecule has 1 aliphatic rings. The first kappa shape index (κ1) is 14.8. The highest BCUT2D eigenvalue weighted by atomic mass is 16.4. The number of likely N-dealkylation sites (tertiary alicyclic amines) is 1. The van der Waals surface area contributed by atoms with Gasteiger partial charge in [0.2, 0.25) is 0 Å². The number of hydrogen-bond acceptors (Lipinski definition) is 2. The van der Waals surface area contributed by atoms with Gasteiger partial charge in [-0.1, -0.05) is 12.8 Å². The van der Waals surface area contributed by atoms with Crippen LogP contribution in [0.25, 0.3) is 0 Å². The van der Waals surface area contributed by atoms with Crippen LogP contribution in [0.2, 0.25) is 0 Å². The number of carboxylic acid groups (broad SMARTS) is 1. The van der Waals surface area contributed by atoms with Gasteiger partial charge in [-0.3, -0.25) is 4.79 Å². The molecule has 2 N–H and O–H groups in total. The summed E-state index contributed by atoms with van der Waals surface area (Å²) in [7, 11) is 0. The summed E-state index contributed by atoms with van der Waals surface area (Å²) >= 11 is 0. The molecule has 1 unspecified atom stereocenters. The smallest absolute Gasteiger partial charge is 0.317 e. The first-order valence-corrected chi connectivity index (χ1v) is 6.62. The van der Waals surface area contributed by atoms with Crippen molar-refractivity contribution in [2.45, 2.75) is 52.5 Å². The molecule has 0 bridgehead atoms. The number of hydrogen-bond donors (Lipinski definition) is 2. The lowest BCUT2D eigenvalue weighted by atomic mass is 9.94. The topological polar surface area (TPSA) is 69.6 Å². The van der Waals surface area contributed by atoms with Crippen molar-refractivity contribution in [2.24, 2.45) is 5.41 Å². The Balaban J connectivity index is 2.51. The maximum absolute atomic E-state index is 12.1. The van der Waals surface area contributed by atoms with E-state index >= 15 is 0 Å². The minimum Gasteiger partial charge on any atom is -0.481 e. The predicted molar refractivity (Wildman–Crippen MR) is 69.5 cm³/mol. The van der Waals surface area contributed by atoms with Crippen molar-refractivity contribution >= 4 is 12.0 Å². The fourth-order valence-electron chi connectivity index (χ4n) is 2.05. The van der Waals surface area contributed by atoms with Gasteiger partial charge in [-0.25, -0.2) is 4.79 Å². The highest BCUT2D eigenvalue weighted by Crippen LogP contribution is 2.17. The van der Waals surface area contributed by atoms with Crippen molar-refractivity contribution in [3.05, 3.63) is 0 Å². The van der Waals surface area contributed by atoms with E-state index in [1.54, 1.807) is 13.8 Å². The van der Waals surface area contributed by atoms with Gasteiger partial charge in [-0.2, -0.15) is 0 Å². The molecular weight excluding hydrogens is 232 g/mol. The van der Waals surface area contributed by atoms with Gasteiger partial charge in [0, 0.05) is 19.1 Å². The summed E-state index contributed by atoms with van der Waals surface area (Å²) in [6.07, 6.45) is 4.37. The minimum absolute atomic E-state index is 0.140. The monoisotopic (exact) mass is 256 g/mol. The fourth-order valence-corrected chi connectivity index (χ4v) is 2.05. The Bertz CT molecular complexity index is 315. The third-order valence-electron chi connectivity index (χ3n) is 3.57. The summed E-state index contributed by atoms with van der Waals surface area (Å²) in [5.41, 5.74) is -0.926. The van der Waals surface area contributed by atoms with E-state index in [-0.39, 0.29) is 18.6 Å². The quantitative estimate of drug-likeness (QED) is 0.812. The molecule has 2 amide bonds. The number of urea groups is 1. The highest BCUT2D eigenvalue weighted by Gasteiger charge is 2.29. The van der Waals surface area contributed by atoms with Gasteiger partial charge in [-0.15, -0.1) is 0 Å². The number of rotatable bonds is 3. The first-order chi connectivity index (χ1) is 8.34. The van der Waals surface area contributed by atoms with E-state index in [0.29, 0.717) is 0 Å². The number of carbonyl (C=O) groups is 2. The van der Waals surface area contributed by atoms with E-state index in [1.165, 1.54) is 0 Å². The molecule has 1 fully saturated rings. The molecule has 0 aromatic heterocycles. The highest BCUT2D eigenvalue weighted by molar-refractivity contribution is 5.77. The Morgan fingerprint density at radius 2 is 2.00 bits per heavy atom. The SMILES string of the molecule is CC1CCCCCN1C(=O)NCC(C)(C)C(=O)O. The van der Waals surface area contributed by atoms with Gasteiger partial charge in [0.05, 0.1) is 5.41 Å². The predicted octanol–water partition coefficient (Wildman–Crippen LogP) is 2.07. The molecule has 104 valence electrons. The van der Waals surface area contributed by atoms with Crippen LogP contribution in [0.3, 0.4) is 0 Å². The van der Waals surface area contributed by atoms with Crippen LogP contribution in [0.15, 0.2) is 0 Å². The Labute approximate surface area is 109 Å². The lowest BCUT2D eigenvalue weighted by Gasteiger charge is -2.29. The summed E-state index contributed by atoms with van der Waals surface area (Å²) in [5.74, 6) is -0.897. The van der Waals surface area contributed by atoms with Crippen molar-refractivity contribution in [1.29, 1.82) is 0 Å². The van der Waals surface area contributed by atoms with Crippen LogP contribution in [-0.2, 0) is 4.79 Å². The maximum atomic E-state index is 12.1. The molecule has 0 aromatic rings. The number of amides is 2. The van der Waals surface area contributed by atoms with Gasteiger partial charge in [0.1, 0.15) is 0 Å². The lowest BCUT2D eigenvalue weighted by molar-refractivity contribution is -0.146. The van der Waals surface area contributed by atoms with Crippen LogP contribution in [0.5, 0.6) is 0 Å². The molecule has 0 spiro atoms. The van der Waals surface area contributed by atoms with Gasteiger partial charge in [0.25, 0.3) is 0 Å². The van der Waals surface area contributed by atoms with Crippen LogP contribution in [0.4, 0.5) is 4.79 Å². The van der Waals surface area contributed by atoms with E-state index < -0.39 is 11.4 Å². The second-order valence-corrected chi connectivity index (χ2v) is 5.74. The van der Waals surface area contributed by atoms with Crippen molar-refractivity contribution < 1.29 is 14.7 Å². The van der Waals surface area contributed by atoms with Crippen LogP contribution < -0.4 is 5.32 Å². The number of aliphatic carboxylic acids is 1. The lowest BCUT2D eigenvalue weighted by Crippen LogP contribution is -2.48. The molecule has 5 nitrogen and oxygen atoms in total. The van der Waals surface area contributed by atoms with Crippen molar-refractivity contribution in [3.63, 3.8) is 0 Å². The summed E-state index contributed by atoms with van der Waals surface area (Å²) in [6.45, 7) is 6.20. The van der Waals surface area contributed by atoms with Crippen molar-refractivity contribution in [1.82, 2.24) is 10.2 Å². The molecule has 5 heteroatoms. The second-order valence-electron chi connectivity index (χ2n) is 5.74. The van der Waals surface area contributed by atoms with Crippen LogP contribution in [0.1, 0.15) is 46.5 Å². The molecule has 1 rings (SSSR count). The zero-order valence-corrected chi connectivity index (χ0v) is 11.5. The third kappa shape index (κ3) is 3.89. The molecular formula is C13H24N2O3. The maximum Gasteiger partial charge on any atom is 0.317 e. The van der Waals surface area contributed by atoms with Crippen LogP contribution in [-0.4, -0.2) is 41.1 Å². The minimum atomic E-state index is -0.926. The normalized spacial score (nSPS) is 21.3. The summed E-state index contributed by atoms with van der Waals surface area (Å²) in [5, 5.41) is 11.7. The van der Waals surface area contributed by atoms with E-state index in [4.69, 9.17) is 5.11 Å². The van der Waals surface area contributed by atoms with Gasteiger partial charge >= 0.3 is 12.0 Å². The molecule has 18 heavy (non-hydrogen) atoms. The molecule has 1 saturated heterocycles. The molecule has 0 saturated carbocycles. The standard InChI is InChI=1S/C13H24N2O3/c1-10-7-5-4-6-8-15(10)12(18)14-9-13(2,3)11(16)17/h10H,4-9H2,1-3H3,(H,14,18)(H,16,17). The largest absolute Gasteiger partial charge is 0.481 e. The Hall–Kier alpha value is -1.26. The van der Waals surface area contributed by atoms with E-state index in [2.05, 4.69) is 5.32 Å². The van der Waals surface area contributed by atoms with E-state index in [0.717, 1.165) is 32.2 Å². The zero-order chi connectivity index (χ0) is 13.8. The van der Waals surface area contributed by atoms with Crippen LogP contribution >= 0.6 is 0 Å². The number of carboxylic acids is 1.